The first kappa shape index (κ1) is 29.0. The average molecular weight is 511 g/mol. The number of aryl methyl sites for hydroxylation is 1. The van der Waals surface area contributed by atoms with Crippen LogP contribution in [0.3, 0.4) is 0 Å². The van der Waals surface area contributed by atoms with Gasteiger partial charge in [-0.05, 0) is 93.0 Å². The average Bonchev–Trinajstić information content (AvgIpc) is 2.93. The summed E-state index contributed by atoms with van der Waals surface area (Å²) in [7, 11) is 1.81. The molecule has 0 amide bonds. The molecule has 1 atom stereocenters. The summed E-state index contributed by atoms with van der Waals surface area (Å²) in [5.74, 6) is 1.16. The summed E-state index contributed by atoms with van der Waals surface area (Å²) in [5.41, 5.74) is 8.24. The van der Waals surface area contributed by atoms with Crippen LogP contribution in [0.15, 0.2) is 77.9 Å². The predicted molar refractivity (Wildman–Crippen MR) is 159 cm³/mol. The lowest BCUT2D eigenvalue weighted by Crippen LogP contribution is -2.10. The lowest BCUT2D eigenvalue weighted by Gasteiger charge is -2.16. The number of aromatic nitrogens is 1. The first-order chi connectivity index (χ1) is 18.4. The molecule has 4 heteroatoms. The molecule has 0 aliphatic carbocycles. The van der Waals surface area contributed by atoms with Crippen LogP contribution in [-0.4, -0.2) is 30.1 Å². The molecule has 0 fully saturated rings. The molecule has 4 nitrogen and oxygen atoms in total. The fourth-order valence-electron chi connectivity index (χ4n) is 4.70. The van der Waals surface area contributed by atoms with E-state index >= 15 is 0 Å². The van der Waals surface area contributed by atoms with Crippen LogP contribution in [0.25, 0.3) is 0 Å². The maximum atomic E-state index is 13.0. The molecule has 0 aliphatic rings. The van der Waals surface area contributed by atoms with E-state index < -0.39 is 0 Å². The Balaban J connectivity index is 1.80. The molecule has 0 aliphatic heterocycles. The van der Waals surface area contributed by atoms with Crippen molar-refractivity contribution in [3.8, 4) is 5.75 Å². The van der Waals surface area contributed by atoms with Gasteiger partial charge < -0.3 is 4.74 Å². The molecule has 0 spiro atoms. The second kappa shape index (κ2) is 14.4. The number of hydrogen-bond acceptors (Lipinski definition) is 4. The summed E-state index contributed by atoms with van der Waals surface area (Å²) < 4.78 is 5.79. The Morgan fingerprint density at radius 2 is 1.87 bits per heavy atom. The van der Waals surface area contributed by atoms with Crippen molar-refractivity contribution >= 4 is 11.5 Å². The number of nitrogens with zero attached hydrogens (tertiary/aromatic N) is 2. The minimum absolute atomic E-state index is 0.120. The summed E-state index contributed by atoms with van der Waals surface area (Å²) in [5, 5.41) is 0. The van der Waals surface area contributed by atoms with Crippen molar-refractivity contribution in [1.29, 1.82) is 0 Å². The van der Waals surface area contributed by atoms with Crippen molar-refractivity contribution in [2.75, 3.05) is 13.7 Å². The molecule has 1 heterocycles. The summed E-state index contributed by atoms with van der Waals surface area (Å²) in [4.78, 5) is 22.2. The number of aliphatic imine (C=N–C) groups is 1. The third-order valence-corrected chi connectivity index (χ3v) is 6.97. The highest BCUT2D eigenvalue weighted by Crippen LogP contribution is 2.27. The van der Waals surface area contributed by atoms with Crippen LogP contribution in [-0.2, 0) is 6.42 Å². The molecule has 0 unspecified atom stereocenters. The fourth-order valence-corrected chi connectivity index (χ4v) is 4.70. The largest absolute Gasteiger partial charge is 0.493 e. The molecule has 3 rings (SSSR count). The summed E-state index contributed by atoms with van der Waals surface area (Å²) in [6.45, 7) is 13.3. The molecular weight excluding hydrogens is 468 g/mol. The second-order valence-corrected chi connectivity index (χ2v) is 10.0. The van der Waals surface area contributed by atoms with Crippen LogP contribution in [0.1, 0.15) is 97.1 Å². The highest BCUT2D eigenvalue weighted by atomic mass is 16.5. The standard InChI is InChI=1S/C34H42N2O2/c1-7-9-13-32(37)30-23-28(18-19-33(30)38-8-2)34(35-6)29-22-27(17-16-25(29)4)21-24(3)14-15-26(5)31-12-10-11-20-36-31/h10-12,16-20,22-23,26H,3,7-9,13-15,21H2,1-2,4-6H3/t26-/m1/s1. The fraction of sp³-hybridized carbons (Fsp3) is 0.382. The second-order valence-electron chi connectivity index (χ2n) is 10.0. The number of carbonyl (C=O) groups excluding carboxylic acids is 1. The van der Waals surface area contributed by atoms with Crippen molar-refractivity contribution in [3.63, 3.8) is 0 Å². The van der Waals surface area contributed by atoms with Gasteiger partial charge in [-0.3, -0.25) is 14.8 Å². The summed E-state index contributed by atoms with van der Waals surface area (Å²) >= 11 is 0. The van der Waals surface area contributed by atoms with E-state index in [9.17, 15) is 4.79 Å². The first-order valence-corrected chi connectivity index (χ1v) is 13.8. The van der Waals surface area contributed by atoms with Crippen molar-refractivity contribution < 1.29 is 9.53 Å². The molecule has 0 saturated carbocycles. The predicted octanol–water partition coefficient (Wildman–Crippen LogP) is 8.31. The zero-order chi connectivity index (χ0) is 27.5. The highest BCUT2D eigenvalue weighted by molar-refractivity contribution is 6.15. The van der Waals surface area contributed by atoms with Gasteiger partial charge in [0, 0.05) is 36.5 Å². The SMILES string of the molecule is C=C(CC[C@@H](C)c1ccccn1)Cc1ccc(C)c(C(=NC)c2ccc(OCC)c(C(=O)CCCC)c2)c1. The number of allylic oxidation sites excluding steroid dienone is 1. The van der Waals surface area contributed by atoms with Gasteiger partial charge in [-0.1, -0.05) is 50.6 Å². The van der Waals surface area contributed by atoms with Crippen molar-refractivity contribution in [1.82, 2.24) is 4.98 Å². The normalized spacial score (nSPS) is 12.3. The molecule has 200 valence electrons. The van der Waals surface area contributed by atoms with E-state index in [1.165, 1.54) is 11.1 Å². The number of Topliss-reactive ketones (excluding diaryl/α,β-unsaturated/α-hetero) is 1. The van der Waals surface area contributed by atoms with E-state index in [2.05, 4.69) is 61.6 Å². The molecule has 0 N–H and O–H groups in total. The number of ketones is 1. The van der Waals surface area contributed by atoms with Gasteiger partial charge in [-0.2, -0.15) is 0 Å². The Kier molecular flexibility index (Phi) is 11.0. The first-order valence-electron chi connectivity index (χ1n) is 13.8. The summed E-state index contributed by atoms with van der Waals surface area (Å²) in [6.07, 6.45) is 7.04. The molecular formula is C34H42N2O2. The van der Waals surface area contributed by atoms with Gasteiger partial charge in [-0.25, -0.2) is 0 Å². The molecule has 0 radical (unpaired) electrons. The molecule has 0 bridgehead atoms. The van der Waals surface area contributed by atoms with Crippen molar-refractivity contribution in [2.45, 2.75) is 72.1 Å². The number of rotatable bonds is 14. The van der Waals surface area contributed by atoms with Gasteiger partial charge >= 0.3 is 0 Å². The number of benzene rings is 2. The van der Waals surface area contributed by atoms with E-state index in [1.807, 2.05) is 50.5 Å². The Hall–Kier alpha value is -3.53. The smallest absolute Gasteiger partial charge is 0.166 e. The third-order valence-electron chi connectivity index (χ3n) is 6.97. The number of unbranched alkanes of at least 4 members (excludes halogenated alkanes) is 1. The third kappa shape index (κ3) is 7.74. The maximum absolute atomic E-state index is 13.0. The van der Waals surface area contributed by atoms with Gasteiger partial charge in [-0.15, -0.1) is 0 Å². The van der Waals surface area contributed by atoms with Gasteiger partial charge in [0.25, 0.3) is 0 Å². The van der Waals surface area contributed by atoms with E-state index in [1.54, 1.807) is 0 Å². The van der Waals surface area contributed by atoms with Crippen LogP contribution >= 0.6 is 0 Å². The van der Waals surface area contributed by atoms with Gasteiger partial charge in [0.05, 0.1) is 17.9 Å². The van der Waals surface area contributed by atoms with Crippen LogP contribution in [0.5, 0.6) is 5.75 Å². The van der Waals surface area contributed by atoms with Crippen LogP contribution in [0.4, 0.5) is 0 Å². The quantitative estimate of drug-likeness (QED) is 0.124. The molecule has 38 heavy (non-hydrogen) atoms. The van der Waals surface area contributed by atoms with E-state index in [-0.39, 0.29) is 5.78 Å². The van der Waals surface area contributed by atoms with Crippen LogP contribution < -0.4 is 4.74 Å². The zero-order valence-corrected chi connectivity index (χ0v) is 23.7. The van der Waals surface area contributed by atoms with E-state index in [0.717, 1.165) is 60.2 Å². The minimum Gasteiger partial charge on any atom is -0.493 e. The Labute approximate surface area is 228 Å². The Bertz CT molecular complexity index is 1260. The zero-order valence-electron chi connectivity index (χ0n) is 23.7. The van der Waals surface area contributed by atoms with Gasteiger partial charge in [0.2, 0.25) is 0 Å². The van der Waals surface area contributed by atoms with E-state index in [0.29, 0.717) is 30.3 Å². The topological polar surface area (TPSA) is 51.6 Å². The number of pyridine rings is 1. The molecule has 0 saturated heterocycles. The number of ether oxygens (including phenoxy) is 1. The van der Waals surface area contributed by atoms with Crippen LogP contribution in [0, 0.1) is 6.92 Å². The maximum Gasteiger partial charge on any atom is 0.166 e. The number of carbonyl (C=O) groups is 1. The lowest BCUT2D eigenvalue weighted by molar-refractivity contribution is 0.0976. The van der Waals surface area contributed by atoms with Crippen LogP contribution in [0.2, 0.25) is 0 Å². The highest BCUT2D eigenvalue weighted by Gasteiger charge is 2.17. The Morgan fingerprint density at radius 3 is 2.55 bits per heavy atom. The Morgan fingerprint density at radius 1 is 1.05 bits per heavy atom. The lowest BCUT2D eigenvalue weighted by atomic mass is 9.91. The summed E-state index contributed by atoms with van der Waals surface area (Å²) in [6, 6.07) is 18.5. The molecule has 1 aromatic heterocycles. The van der Waals surface area contributed by atoms with Gasteiger partial charge in [0.15, 0.2) is 5.78 Å². The van der Waals surface area contributed by atoms with Crippen molar-refractivity contribution in [3.05, 3.63) is 106 Å². The molecule has 3 aromatic rings. The minimum atomic E-state index is 0.120. The van der Waals surface area contributed by atoms with Gasteiger partial charge in [0.1, 0.15) is 5.75 Å². The van der Waals surface area contributed by atoms with E-state index in [4.69, 9.17) is 4.74 Å². The molecule has 2 aromatic carbocycles. The monoisotopic (exact) mass is 510 g/mol. The number of hydrogen-bond donors (Lipinski definition) is 0. The van der Waals surface area contributed by atoms with Crippen molar-refractivity contribution in [2.24, 2.45) is 4.99 Å².